The van der Waals surface area contributed by atoms with Gasteiger partial charge in [-0.2, -0.15) is 0 Å². The van der Waals surface area contributed by atoms with Gasteiger partial charge in [-0.3, -0.25) is 4.79 Å². The molecule has 1 heterocycles. The molecule has 1 aliphatic rings. The molecule has 3 N–H and O–H groups in total. The summed E-state index contributed by atoms with van der Waals surface area (Å²) in [6, 6.07) is 12.8. The highest BCUT2D eigenvalue weighted by molar-refractivity contribution is 7.89. The summed E-state index contributed by atoms with van der Waals surface area (Å²) in [4.78, 5) is 17.0. The van der Waals surface area contributed by atoms with E-state index < -0.39 is 10.0 Å². The number of hydrogen-bond donors (Lipinski definition) is 3. The van der Waals surface area contributed by atoms with Crippen molar-refractivity contribution in [2.45, 2.75) is 50.0 Å². The monoisotopic (exact) mass is 484 g/mol. The van der Waals surface area contributed by atoms with Crippen LogP contribution >= 0.6 is 11.3 Å². The molecule has 4 rings (SSSR count). The largest absolute Gasteiger partial charge is 0.388 e. The minimum Gasteiger partial charge on any atom is -0.388 e. The molecule has 0 saturated heterocycles. The molecule has 0 atom stereocenters. The molecule has 0 unspecified atom stereocenters. The van der Waals surface area contributed by atoms with Gasteiger partial charge in [0, 0.05) is 48.7 Å². The molecule has 0 spiro atoms. The summed E-state index contributed by atoms with van der Waals surface area (Å²) in [5, 5.41) is 6.59. The van der Waals surface area contributed by atoms with Gasteiger partial charge in [-0.25, -0.2) is 18.1 Å². The van der Waals surface area contributed by atoms with E-state index in [1.165, 1.54) is 24.3 Å². The zero-order chi connectivity index (χ0) is 23.4. The minimum atomic E-state index is -3.79. The quantitative estimate of drug-likeness (QED) is 0.434. The van der Waals surface area contributed by atoms with Gasteiger partial charge in [-0.15, -0.1) is 11.3 Å². The Morgan fingerprint density at radius 2 is 1.73 bits per heavy atom. The Morgan fingerprint density at radius 1 is 1.03 bits per heavy atom. The van der Waals surface area contributed by atoms with E-state index in [0.717, 1.165) is 53.2 Å². The molecule has 0 aliphatic heterocycles. The number of sulfonamides is 1. The maximum absolute atomic E-state index is 13.4. The first-order valence-corrected chi connectivity index (χ1v) is 13.3. The predicted octanol–water partition coefficient (Wildman–Crippen LogP) is 5.09. The maximum Gasteiger partial charge on any atom is 0.241 e. The van der Waals surface area contributed by atoms with Crippen molar-refractivity contribution in [2.75, 3.05) is 17.7 Å². The van der Waals surface area contributed by atoms with Crippen LogP contribution in [-0.4, -0.2) is 32.4 Å². The Morgan fingerprint density at radius 3 is 2.39 bits per heavy atom. The number of nitrogens with zero attached hydrogens (tertiary/aromatic N) is 1. The molecular formula is C24H28N4O3S2. The molecule has 9 heteroatoms. The summed E-state index contributed by atoms with van der Waals surface area (Å²) in [7, 11) is -1.93. The van der Waals surface area contributed by atoms with Crippen LogP contribution in [0.3, 0.4) is 0 Å². The third kappa shape index (κ3) is 5.61. The second kappa shape index (κ2) is 10.0. The lowest BCUT2D eigenvalue weighted by atomic mass is 9.96. The van der Waals surface area contributed by atoms with Gasteiger partial charge in [0.2, 0.25) is 15.9 Å². The SMILES string of the molecule is CNc1ccc(-c2ncc(-c3ccc(NC(C)=O)cc3S(=O)(=O)NC3CCCCC3)s2)cc1. The topological polar surface area (TPSA) is 100 Å². The summed E-state index contributed by atoms with van der Waals surface area (Å²) in [5.41, 5.74) is 2.99. The van der Waals surface area contributed by atoms with E-state index >= 15 is 0 Å². The van der Waals surface area contributed by atoms with Crippen LogP contribution in [-0.2, 0) is 14.8 Å². The van der Waals surface area contributed by atoms with Gasteiger partial charge < -0.3 is 10.6 Å². The van der Waals surface area contributed by atoms with E-state index in [4.69, 9.17) is 0 Å². The Bertz CT molecular complexity index is 1230. The molecule has 1 amide bonds. The van der Waals surface area contributed by atoms with Crippen LogP contribution < -0.4 is 15.4 Å². The number of hydrogen-bond acceptors (Lipinski definition) is 6. The van der Waals surface area contributed by atoms with Gasteiger partial charge in [-0.1, -0.05) is 25.3 Å². The first-order chi connectivity index (χ1) is 15.9. The fourth-order valence-electron chi connectivity index (χ4n) is 4.04. The molecule has 174 valence electrons. The lowest BCUT2D eigenvalue weighted by molar-refractivity contribution is -0.114. The van der Waals surface area contributed by atoms with Crippen LogP contribution in [0.2, 0.25) is 0 Å². The molecule has 1 fully saturated rings. The van der Waals surface area contributed by atoms with Gasteiger partial charge in [-0.05, 0) is 49.2 Å². The molecule has 3 aromatic rings. The fraction of sp³-hybridized carbons (Fsp3) is 0.333. The summed E-state index contributed by atoms with van der Waals surface area (Å²) in [6.07, 6.45) is 6.58. The van der Waals surface area contributed by atoms with Crippen molar-refractivity contribution in [1.82, 2.24) is 9.71 Å². The van der Waals surface area contributed by atoms with Crippen LogP contribution in [0.25, 0.3) is 21.0 Å². The Balaban J connectivity index is 1.71. The van der Waals surface area contributed by atoms with Crippen molar-refractivity contribution in [3.8, 4) is 21.0 Å². The molecule has 33 heavy (non-hydrogen) atoms. The van der Waals surface area contributed by atoms with Crippen molar-refractivity contribution in [1.29, 1.82) is 0 Å². The molecule has 1 aromatic heterocycles. The zero-order valence-corrected chi connectivity index (χ0v) is 20.4. The number of carbonyl (C=O) groups is 1. The van der Waals surface area contributed by atoms with Gasteiger partial charge in [0.25, 0.3) is 0 Å². The van der Waals surface area contributed by atoms with Gasteiger partial charge >= 0.3 is 0 Å². The van der Waals surface area contributed by atoms with Gasteiger partial charge in [0.05, 0.1) is 9.77 Å². The summed E-state index contributed by atoms with van der Waals surface area (Å²) < 4.78 is 29.8. The lowest BCUT2D eigenvalue weighted by Crippen LogP contribution is -2.36. The van der Waals surface area contributed by atoms with Crippen LogP contribution in [0.5, 0.6) is 0 Å². The normalized spacial score (nSPS) is 14.7. The Hall–Kier alpha value is -2.75. The minimum absolute atomic E-state index is 0.0660. The molecule has 0 bridgehead atoms. The van der Waals surface area contributed by atoms with Crippen LogP contribution in [0.4, 0.5) is 11.4 Å². The van der Waals surface area contributed by atoms with E-state index in [0.29, 0.717) is 11.3 Å². The van der Waals surface area contributed by atoms with E-state index in [1.807, 2.05) is 31.3 Å². The number of anilines is 2. The van der Waals surface area contributed by atoms with E-state index in [-0.39, 0.29) is 16.8 Å². The summed E-state index contributed by atoms with van der Waals surface area (Å²) in [6.45, 7) is 1.40. The van der Waals surface area contributed by atoms with Crippen molar-refractivity contribution in [2.24, 2.45) is 0 Å². The highest BCUT2D eigenvalue weighted by atomic mass is 32.2. The number of carbonyl (C=O) groups excluding carboxylic acids is 1. The molecule has 2 aromatic carbocycles. The highest BCUT2D eigenvalue weighted by Crippen LogP contribution is 2.37. The molecule has 1 saturated carbocycles. The Kier molecular flexibility index (Phi) is 7.11. The number of thiazole rings is 1. The number of rotatable bonds is 7. The smallest absolute Gasteiger partial charge is 0.241 e. The first kappa shape index (κ1) is 23.4. The third-order valence-electron chi connectivity index (χ3n) is 5.71. The number of nitrogens with one attached hydrogen (secondary N) is 3. The second-order valence-electron chi connectivity index (χ2n) is 8.21. The van der Waals surface area contributed by atoms with Crippen molar-refractivity contribution in [3.05, 3.63) is 48.7 Å². The molecule has 1 aliphatic carbocycles. The average Bonchev–Trinajstić information content (AvgIpc) is 3.29. The van der Waals surface area contributed by atoms with E-state index in [2.05, 4.69) is 20.3 Å². The summed E-state index contributed by atoms with van der Waals surface area (Å²) >= 11 is 1.44. The zero-order valence-electron chi connectivity index (χ0n) is 18.7. The van der Waals surface area contributed by atoms with Crippen molar-refractivity contribution >= 4 is 38.6 Å². The third-order valence-corrected chi connectivity index (χ3v) is 8.35. The Labute approximate surface area is 198 Å². The highest BCUT2D eigenvalue weighted by Gasteiger charge is 2.26. The first-order valence-electron chi connectivity index (χ1n) is 11.0. The van der Waals surface area contributed by atoms with Gasteiger partial charge in [0.1, 0.15) is 5.01 Å². The lowest BCUT2D eigenvalue weighted by Gasteiger charge is -2.23. The molecule has 0 radical (unpaired) electrons. The van der Waals surface area contributed by atoms with Gasteiger partial charge in [0.15, 0.2) is 0 Å². The van der Waals surface area contributed by atoms with Crippen molar-refractivity contribution < 1.29 is 13.2 Å². The number of benzene rings is 2. The van der Waals surface area contributed by atoms with E-state index in [1.54, 1.807) is 18.3 Å². The molecule has 7 nitrogen and oxygen atoms in total. The summed E-state index contributed by atoms with van der Waals surface area (Å²) in [5.74, 6) is -0.253. The fourth-order valence-corrected chi connectivity index (χ4v) is 6.62. The average molecular weight is 485 g/mol. The predicted molar refractivity (Wildman–Crippen MR) is 134 cm³/mol. The standard InChI is InChI=1S/C24H28N4O3S2/c1-16(29)27-20-12-13-21(23(14-20)33(30,31)28-19-6-4-3-5-7-19)22-15-26-24(32-22)17-8-10-18(25-2)11-9-17/h8-15,19,25,28H,3-7H2,1-2H3,(H,27,29). The van der Waals surface area contributed by atoms with Crippen LogP contribution in [0, 0.1) is 0 Å². The maximum atomic E-state index is 13.4. The van der Waals surface area contributed by atoms with E-state index in [9.17, 15) is 13.2 Å². The van der Waals surface area contributed by atoms with Crippen LogP contribution in [0.1, 0.15) is 39.0 Å². The van der Waals surface area contributed by atoms with Crippen molar-refractivity contribution in [3.63, 3.8) is 0 Å². The second-order valence-corrected chi connectivity index (χ2v) is 10.9. The number of aromatic nitrogens is 1. The molecular weight excluding hydrogens is 456 g/mol. The number of amides is 1. The van der Waals surface area contributed by atoms with Crippen LogP contribution in [0.15, 0.2) is 53.6 Å².